The van der Waals surface area contributed by atoms with E-state index in [2.05, 4.69) is 30.8 Å². The average molecular weight is 1110 g/mol. The van der Waals surface area contributed by atoms with Gasteiger partial charge in [0.2, 0.25) is 11.6 Å². The molecule has 9 N–H and O–H groups in total. The molecule has 0 saturated carbocycles. The lowest BCUT2D eigenvalue weighted by Crippen LogP contribution is -2.56. The maximum atomic E-state index is 14.1. The average Bonchev–Trinajstić information content (AvgIpc) is 4.01. The molecule has 24 heteroatoms. The van der Waals surface area contributed by atoms with Gasteiger partial charge in [-0.05, 0) is 61.7 Å². The van der Waals surface area contributed by atoms with Crippen LogP contribution in [-0.2, 0) is 20.7 Å². The fraction of sp³-hybridized carbons (Fsp3) is 0.386. The molecule has 2 fully saturated rings. The number of aromatic hydroxyl groups is 4. The normalized spacial score (nSPS) is 21.7. The SMILES string of the molecule is CCNC(=O)c1nnc(-c2cc(C(C)C)c(O)cc2O)n1-c1ccc(OC2CCN(c3cnc(C(=O)NC4CC(OC5C[C@](O)(C(=O)CO)Cc6c(O)c7c(c(O)c65)C(=O)c5c(OC)cccc5C7=O)OC(C)C4O)cn3)CC2)cc1. The van der Waals surface area contributed by atoms with Crippen LogP contribution in [0.5, 0.6) is 34.5 Å². The van der Waals surface area contributed by atoms with Crippen molar-refractivity contribution in [3.8, 4) is 51.6 Å². The Bertz CT molecular complexity index is 3470. The van der Waals surface area contributed by atoms with Crippen LogP contribution < -0.4 is 25.0 Å². The number of carbonyl (C=O) groups is 5. The molecule has 2 aliphatic carbocycles. The van der Waals surface area contributed by atoms with Crippen LogP contribution in [0.1, 0.15) is 135 Å². The zero-order valence-electron chi connectivity index (χ0n) is 44.7. The van der Waals surface area contributed by atoms with Gasteiger partial charge in [-0.3, -0.25) is 28.5 Å². The van der Waals surface area contributed by atoms with Gasteiger partial charge in [0.25, 0.3) is 11.8 Å². The number of carbonyl (C=O) groups excluding carboxylic acids is 5. The van der Waals surface area contributed by atoms with Crippen molar-refractivity contribution in [3.63, 3.8) is 0 Å². The highest BCUT2D eigenvalue weighted by Crippen LogP contribution is 2.53. The number of fused-ring (bicyclic) bond motifs is 3. The number of rotatable bonds is 15. The lowest BCUT2D eigenvalue weighted by atomic mass is 9.72. The molecular weight excluding hydrogens is 1050 g/mol. The molecule has 0 radical (unpaired) electrons. The molecule has 424 valence electrons. The predicted molar refractivity (Wildman–Crippen MR) is 285 cm³/mol. The molecule has 5 unspecified atom stereocenters. The number of aliphatic hydroxyl groups is 3. The second kappa shape index (κ2) is 22.2. The maximum Gasteiger partial charge on any atom is 0.289 e. The van der Waals surface area contributed by atoms with E-state index in [1.54, 1.807) is 37.3 Å². The van der Waals surface area contributed by atoms with Crippen molar-refractivity contribution < 1.29 is 78.7 Å². The van der Waals surface area contributed by atoms with Crippen LogP contribution in [0.2, 0.25) is 0 Å². The van der Waals surface area contributed by atoms with Crippen LogP contribution >= 0.6 is 0 Å². The zero-order chi connectivity index (χ0) is 57.8. The Morgan fingerprint density at radius 1 is 0.889 bits per heavy atom. The van der Waals surface area contributed by atoms with Gasteiger partial charge in [-0.2, -0.15) is 0 Å². The van der Waals surface area contributed by atoms with Crippen molar-refractivity contribution in [1.29, 1.82) is 0 Å². The Morgan fingerprint density at radius 2 is 1.62 bits per heavy atom. The molecule has 6 atom stereocenters. The standard InChI is InChI=1S/C57H60N8O16/c1-6-58-56(76)54-63-62-53(33-18-32(26(2)3)37(67)20-38(33)68)65(54)28-10-12-29(13-11-28)80-30-14-16-64(17-15-30)42-24-59-36(23-60-42)55(75)61-35-19-43(79-27(4)48(35)70)81-40-22-57(77,41(69)25-66)21-34-45(40)52(74)47-46(50(34)72)49(71)31-8-7-9-39(78-5)44(31)51(47)73/h7-13,18,20,23-24,26-27,30,35,40,43,48,66-68,70,72,74,77H,6,14-17,19,21-22,25H2,1-5H3,(H,58,76)(H,61,75)/t27?,35?,40?,43?,48?,57-/m0/s1. The minimum atomic E-state index is -2.39. The molecular formula is C57H60N8O16. The number of hydrogen-bond donors (Lipinski definition) is 9. The summed E-state index contributed by atoms with van der Waals surface area (Å²) in [6, 6.07) is 13.2. The molecule has 10 rings (SSSR count). The van der Waals surface area contributed by atoms with E-state index in [9.17, 15) is 59.7 Å². The summed E-state index contributed by atoms with van der Waals surface area (Å²) in [6.07, 6.45) is -2.80. The molecule has 6 aromatic rings. The fourth-order valence-electron chi connectivity index (χ4n) is 11.1. The monoisotopic (exact) mass is 1110 g/mol. The summed E-state index contributed by atoms with van der Waals surface area (Å²) in [5.74, 6) is -4.47. The second-order valence-electron chi connectivity index (χ2n) is 20.8. The van der Waals surface area contributed by atoms with Crippen molar-refractivity contribution in [2.45, 2.75) is 108 Å². The van der Waals surface area contributed by atoms with Gasteiger partial charge in [-0.25, -0.2) is 9.97 Å². The number of amides is 2. The largest absolute Gasteiger partial charge is 0.508 e. The number of hydrogen-bond acceptors (Lipinski definition) is 21. The van der Waals surface area contributed by atoms with E-state index in [1.165, 1.54) is 55.3 Å². The van der Waals surface area contributed by atoms with Gasteiger partial charge in [0.15, 0.2) is 23.7 Å². The number of aromatic nitrogens is 5. The smallest absolute Gasteiger partial charge is 0.289 e. The maximum absolute atomic E-state index is 14.1. The number of nitrogens with one attached hydrogen (secondary N) is 2. The molecule has 4 aliphatic rings. The molecule has 4 heterocycles. The van der Waals surface area contributed by atoms with E-state index < -0.39 is 107 Å². The van der Waals surface area contributed by atoms with Gasteiger partial charge >= 0.3 is 0 Å². The number of methoxy groups -OCH3 is 1. The van der Waals surface area contributed by atoms with Crippen LogP contribution in [0, 0.1) is 0 Å². The highest BCUT2D eigenvalue weighted by molar-refractivity contribution is 6.31. The summed E-state index contributed by atoms with van der Waals surface area (Å²) in [7, 11) is 1.30. The highest BCUT2D eigenvalue weighted by Gasteiger charge is 2.50. The van der Waals surface area contributed by atoms with Gasteiger partial charge in [0, 0.05) is 80.2 Å². The number of piperidine rings is 1. The van der Waals surface area contributed by atoms with E-state index in [1.807, 2.05) is 18.7 Å². The first-order chi connectivity index (χ1) is 38.7. The topological polar surface area (TPSA) is 348 Å². The summed E-state index contributed by atoms with van der Waals surface area (Å²) >= 11 is 0. The molecule has 2 aliphatic heterocycles. The third-order valence-electron chi connectivity index (χ3n) is 15.3. The van der Waals surface area contributed by atoms with Crippen LogP contribution in [0.15, 0.2) is 67.0 Å². The number of nitrogens with zero attached hydrogens (tertiary/aromatic N) is 6. The Balaban J connectivity index is 0.792. The number of phenolic OH excluding ortho intramolecular Hbond substituents is 4. The number of Topliss-reactive ketones (excluding diaryl/α,β-unsaturated/α-hetero) is 1. The van der Waals surface area contributed by atoms with E-state index in [0.29, 0.717) is 55.3 Å². The number of phenols is 4. The first kappa shape index (κ1) is 55.8. The minimum absolute atomic E-state index is 0.00161. The zero-order valence-corrected chi connectivity index (χ0v) is 44.7. The summed E-state index contributed by atoms with van der Waals surface area (Å²) in [6.45, 7) is 7.43. The minimum Gasteiger partial charge on any atom is -0.508 e. The summed E-state index contributed by atoms with van der Waals surface area (Å²) < 4.78 is 25.6. The lowest BCUT2D eigenvalue weighted by Gasteiger charge is -2.42. The van der Waals surface area contributed by atoms with E-state index >= 15 is 0 Å². The van der Waals surface area contributed by atoms with Crippen molar-refractivity contribution in [1.82, 2.24) is 35.4 Å². The Morgan fingerprint density at radius 3 is 2.28 bits per heavy atom. The first-order valence-electron chi connectivity index (χ1n) is 26.4. The summed E-state index contributed by atoms with van der Waals surface area (Å²) in [4.78, 5) is 78.9. The Kier molecular flexibility index (Phi) is 15.3. The third kappa shape index (κ3) is 10.2. The molecule has 24 nitrogen and oxygen atoms in total. The summed E-state index contributed by atoms with van der Waals surface area (Å²) in [5, 5.41) is 91.9. The van der Waals surface area contributed by atoms with Gasteiger partial charge in [-0.1, -0.05) is 26.0 Å². The van der Waals surface area contributed by atoms with Crippen molar-refractivity contribution in [2.24, 2.45) is 0 Å². The first-order valence-corrected chi connectivity index (χ1v) is 26.4. The van der Waals surface area contributed by atoms with Gasteiger partial charge in [0.1, 0.15) is 70.4 Å². The van der Waals surface area contributed by atoms with E-state index in [0.717, 1.165) is 0 Å². The Hall–Kier alpha value is -8.55. The molecule has 0 bridgehead atoms. The number of benzene rings is 4. The van der Waals surface area contributed by atoms with Gasteiger partial charge in [-0.15, -0.1) is 10.2 Å². The molecule has 0 spiro atoms. The van der Waals surface area contributed by atoms with Gasteiger partial charge in [0.05, 0.1) is 60.0 Å². The second-order valence-corrected chi connectivity index (χ2v) is 20.8. The van der Waals surface area contributed by atoms with Gasteiger partial charge < -0.3 is 70.2 Å². The molecule has 81 heavy (non-hydrogen) atoms. The number of ether oxygens (including phenoxy) is 4. The van der Waals surface area contributed by atoms with Crippen molar-refractivity contribution in [3.05, 3.63) is 117 Å². The number of aliphatic hydroxyl groups excluding tert-OH is 2. The molecule has 2 aromatic heterocycles. The van der Waals surface area contributed by atoms with Crippen LogP contribution in [0.3, 0.4) is 0 Å². The highest BCUT2D eigenvalue weighted by atomic mass is 16.7. The summed E-state index contributed by atoms with van der Waals surface area (Å²) in [5.41, 5.74) is -2.91. The van der Waals surface area contributed by atoms with Crippen LogP contribution in [0.25, 0.3) is 17.1 Å². The van der Waals surface area contributed by atoms with Crippen molar-refractivity contribution >= 4 is 35.0 Å². The Labute approximate surface area is 462 Å². The van der Waals surface area contributed by atoms with Crippen LogP contribution in [-0.4, -0.2) is 159 Å². The quantitative estimate of drug-likeness (QED) is 0.0658. The lowest BCUT2D eigenvalue weighted by molar-refractivity contribution is -0.249. The predicted octanol–water partition coefficient (Wildman–Crippen LogP) is 3.84. The molecule has 4 aromatic carbocycles. The van der Waals surface area contributed by atoms with Crippen molar-refractivity contribution in [2.75, 3.05) is 38.3 Å². The fourth-order valence-corrected chi connectivity index (χ4v) is 11.1. The van der Waals surface area contributed by atoms with E-state index in [-0.39, 0.29) is 80.9 Å². The van der Waals surface area contributed by atoms with Crippen LogP contribution in [0.4, 0.5) is 5.82 Å². The molecule has 2 amide bonds. The number of ketones is 3. The third-order valence-corrected chi connectivity index (χ3v) is 15.3. The molecule has 2 saturated heterocycles. The van der Waals surface area contributed by atoms with E-state index in [4.69, 9.17) is 18.9 Å². The number of anilines is 1.